The molecular weight excluding hydrogens is 392 g/mol. The molecule has 1 aliphatic heterocycles. The highest BCUT2D eigenvalue weighted by Crippen LogP contribution is 2.39. The number of hydrogen-bond acceptors (Lipinski definition) is 7. The van der Waals surface area contributed by atoms with E-state index < -0.39 is 0 Å². The lowest BCUT2D eigenvalue weighted by Crippen LogP contribution is -3.15. The van der Waals surface area contributed by atoms with Crippen LogP contribution in [0.5, 0.6) is 17.4 Å². The van der Waals surface area contributed by atoms with Crippen LogP contribution in [0.4, 0.5) is 0 Å². The summed E-state index contributed by atoms with van der Waals surface area (Å²) in [5.74, 6) is 2.26. The largest absolute Gasteiger partial charge is 0.497 e. The van der Waals surface area contributed by atoms with Gasteiger partial charge in [-0.15, -0.1) is 5.10 Å². The monoisotopic (exact) mass is 419 g/mol. The second kappa shape index (κ2) is 7.81. The number of benzene rings is 1. The highest BCUT2D eigenvalue weighted by molar-refractivity contribution is 7.17. The number of aryl methyl sites for hydroxylation is 1. The quantitative estimate of drug-likeness (QED) is 0.654. The minimum atomic E-state index is -0.164. The molecule has 156 valence electrons. The van der Waals surface area contributed by atoms with Crippen LogP contribution in [0.25, 0.3) is 4.96 Å². The summed E-state index contributed by atoms with van der Waals surface area (Å²) in [4.78, 5) is 7.22. The number of aromatic hydroxyl groups is 1. The number of thiazole rings is 1. The maximum atomic E-state index is 11.0. The number of nitrogens with one attached hydrogen (secondary N) is 1. The molecule has 29 heavy (non-hydrogen) atoms. The van der Waals surface area contributed by atoms with Crippen LogP contribution >= 0.6 is 11.3 Å². The Bertz CT molecular complexity index is 1010. The van der Waals surface area contributed by atoms with Crippen molar-refractivity contribution in [1.29, 1.82) is 0 Å². The summed E-state index contributed by atoms with van der Waals surface area (Å²) >= 11 is 1.46. The number of methoxy groups -OCH3 is 2. The first kappa shape index (κ1) is 19.9. The maximum Gasteiger partial charge on any atom is 0.235 e. The first-order valence-electron chi connectivity index (χ1n) is 9.68. The normalized spacial score (nSPS) is 23.3. The van der Waals surface area contributed by atoms with Crippen LogP contribution in [0.2, 0.25) is 0 Å². The number of fused-ring (bicyclic) bond motifs is 1. The summed E-state index contributed by atoms with van der Waals surface area (Å²) in [7, 11) is 3.31. The molecule has 1 aliphatic rings. The van der Waals surface area contributed by atoms with Crippen molar-refractivity contribution in [3.8, 4) is 17.4 Å². The predicted octanol–water partition coefficient (Wildman–Crippen LogP) is 1.60. The fourth-order valence-corrected chi connectivity index (χ4v) is 5.38. The van der Waals surface area contributed by atoms with Gasteiger partial charge in [0.1, 0.15) is 47.5 Å². The molecule has 2 N–H and O–H groups in total. The lowest BCUT2D eigenvalue weighted by Gasteiger charge is -2.37. The van der Waals surface area contributed by atoms with Gasteiger partial charge in [-0.25, -0.2) is 4.98 Å². The highest BCUT2D eigenvalue weighted by Gasteiger charge is 2.39. The molecule has 1 saturated heterocycles. The Morgan fingerprint density at radius 2 is 1.97 bits per heavy atom. The third kappa shape index (κ3) is 3.65. The number of ether oxygens (including phenoxy) is 3. The summed E-state index contributed by atoms with van der Waals surface area (Å²) < 4.78 is 18.7. The van der Waals surface area contributed by atoms with E-state index in [2.05, 4.69) is 23.9 Å². The van der Waals surface area contributed by atoms with E-state index in [9.17, 15) is 5.11 Å². The van der Waals surface area contributed by atoms with Crippen molar-refractivity contribution < 1.29 is 24.2 Å². The molecule has 0 saturated carbocycles. The van der Waals surface area contributed by atoms with Crippen LogP contribution in [0.1, 0.15) is 36.2 Å². The van der Waals surface area contributed by atoms with Gasteiger partial charge in [-0.2, -0.15) is 4.52 Å². The molecule has 3 atom stereocenters. The second-order valence-corrected chi connectivity index (χ2v) is 8.52. The minimum Gasteiger partial charge on any atom is -0.497 e. The molecule has 2 aromatic heterocycles. The van der Waals surface area contributed by atoms with Gasteiger partial charge in [0.05, 0.1) is 19.8 Å². The Labute approximate surface area is 173 Å². The average Bonchev–Trinajstić information content (AvgIpc) is 3.18. The third-order valence-electron chi connectivity index (χ3n) is 5.29. The van der Waals surface area contributed by atoms with Crippen molar-refractivity contribution in [2.24, 2.45) is 0 Å². The molecule has 0 bridgehead atoms. The summed E-state index contributed by atoms with van der Waals surface area (Å²) in [6, 6.07) is 5.61. The molecule has 0 spiro atoms. The lowest BCUT2D eigenvalue weighted by molar-refractivity contribution is -0.939. The Hall–Kier alpha value is -2.36. The van der Waals surface area contributed by atoms with Crippen molar-refractivity contribution in [1.82, 2.24) is 14.6 Å². The topological polar surface area (TPSA) is 82.6 Å². The Morgan fingerprint density at radius 3 is 2.59 bits per heavy atom. The van der Waals surface area contributed by atoms with Crippen LogP contribution < -0.4 is 14.4 Å². The van der Waals surface area contributed by atoms with Gasteiger partial charge >= 0.3 is 0 Å². The molecular formula is C20H27N4O4S+. The smallest absolute Gasteiger partial charge is 0.235 e. The fraction of sp³-hybridized carbons (Fsp3) is 0.500. The van der Waals surface area contributed by atoms with E-state index in [0.717, 1.165) is 35.0 Å². The number of morpholine rings is 1. The number of aromatic nitrogens is 3. The summed E-state index contributed by atoms with van der Waals surface area (Å²) in [5.41, 5.74) is 0.958. The standard InChI is InChI=1S/C20H26N4O4S/c1-11-9-23(10-12(2)28-11)17(15-8-14(26-4)6-7-16(15)27-5)18-19(25)24-20(29-18)21-13(3)22-24/h6-8,11-12,17,25H,9-10H2,1-5H3/p+1/t11-,12-,17-/m1/s1. The zero-order chi connectivity index (χ0) is 20.7. The molecule has 0 amide bonds. The predicted molar refractivity (Wildman–Crippen MR) is 109 cm³/mol. The molecule has 0 radical (unpaired) electrons. The third-order valence-corrected chi connectivity index (χ3v) is 6.37. The van der Waals surface area contributed by atoms with E-state index in [0.29, 0.717) is 10.8 Å². The molecule has 9 heteroatoms. The Balaban J connectivity index is 1.90. The van der Waals surface area contributed by atoms with Crippen LogP contribution in [0, 0.1) is 6.92 Å². The van der Waals surface area contributed by atoms with Crippen LogP contribution in [0.15, 0.2) is 18.2 Å². The fourth-order valence-electron chi connectivity index (χ4n) is 4.20. The Kier molecular flexibility index (Phi) is 5.37. The maximum absolute atomic E-state index is 11.0. The van der Waals surface area contributed by atoms with Gasteiger partial charge in [0.2, 0.25) is 10.8 Å². The van der Waals surface area contributed by atoms with Gasteiger partial charge in [-0.1, -0.05) is 11.3 Å². The first-order chi connectivity index (χ1) is 13.9. The van der Waals surface area contributed by atoms with Crippen LogP contribution in [-0.2, 0) is 4.74 Å². The molecule has 4 rings (SSSR count). The number of quaternary nitrogens is 1. The van der Waals surface area contributed by atoms with Gasteiger partial charge in [0.15, 0.2) is 6.04 Å². The molecule has 1 fully saturated rings. The van der Waals surface area contributed by atoms with Crippen molar-refractivity contribution >= 4 is 16.3 Å². The highest BCUT2D eigenvalue weighted by atomic mass is 32.1. The molecule has 8 nitrogen and oxygen atoms in total. The number of nitrogens with zero attached hydrogens (tertiary/aromatic N) is 3. The molecule has 3 heterocycles. The first-order valence-corrected chi connectivity index (χ1v) is 10.5. The molecule has 3 aromatic rings. The average molecular weight is 420 g/mol. The molecule has 1 aromatic carbocycles. The summed E-state index contributed by atoms with van der Waals surface area (Å²) in [6.45, 7) is 7.60. The van der Waals surface area contributed by atoms with Gasteiger partial charge in [-0.05, 0) is 39.0 Å². The van der Waals surface area contributed by atoms with E-state index in [4.69, 9.17) is 14.2 Å². The van der Waals surface area contributed by atoms with Crippen molar-refractivity contribution in [3.05, 3.63) is 34.5 Å². The number of hydrogen-bond donors (Lipinski definition) is 2. The minimum absolute atomic E-state index is 0.111. The van der Waals surface area contributed by atoms with E-state index in [1.807, 2.05) is 25.1 Å². The second-order valence-electron chi connectivity index (χ2n) is 7.51. The van der Waals surface area contributed by atoms with Crippen LogP contribution in [-0.4, -0.2) is 59.2 Å². The molecule has 0 unspecified atom stereocenters. The van der Waals surface area contributed by atoms with Gasteiger partial charge in [-0.3, -0.25) is 0 Å². The van der Waals surface area contributed by atoms with Crippen LogP contribution in [0.3, 0.4) is 0 Å². The van der Waals surface area contributed by atoms with Gasteiger partial charge in [0.25, 0.3) is 0 Å². The zero-order valence-electron chi connectivity index (χ0n) is 17.3. The van der Waals surface area contributed by atoms with E-state index in [-0.39, 0.29) is 24.1 Å². The Morgan fingerprint density at radius 1 is 1.24 bits per heavy atom. The number of rotatable bonds is 5. The summed E-state index contributed by atoms with van der Waals surface area (Å²) in [5, 5.41) is 15.4. The van der Waals surface area contributed by atoms with Crippen molar-refractivity contribution in [2.75, 3.05) is 27.3 Å². The van der Waals surface area contributed by atoms with E-state index in [1.54, 1.807) is 14.2 Å². The summed E-state index contributed by atoms with van der Waals surface area (Å²) in [6.07, 6.45) is 0.221. The van der Waals surface area contributed by atoms with Crippen molar-refractivity contribution in [3.63, 3.8) is 0 Å². The SMILES string of the molecule is COc1ccc(OC)c([C@H](c2sc3nc(C)nn3c2O)[NH+]2C[C@@H](C)O[C@H](C)C2)c1. The lowest BCUT2D eigenvalue weighted by atomic mass is 10.00. The van der Waals surface area contributed by atoms with E-state index >= 15 is 0 Å². The van der Waals surface area contributed by atoms with Gasteiger partial charge < -0.3 is 24.2 Å². The molecule has 0 aliphatic carbocycles. The van der Waals surface area contributed by atoms with Crippen molar-refractivity contribution in [2.45, 2.75) is 39.0 Å². The van der Waals surface area contributed by atoms with E-state index in [1.165, 1.54) is 20.8 Å². The zero-order valence-corrected chi connectivity index (χ0v) is 18.1. The van der Waals surface area contributed by atoms with Gasteiger partial charge in [0, 0.05) is 0 Å².